The van der Waals surface area contributed by atoms with Gasteiger partial charge in [0.15, 0.2) is 0 Å². The van der Waals surface area contributed by atoms with Crippen molar-refractivity contribution < 1.29 is 24.3 Å². The second-order valence-corrected chi connectivity index (χ2v) is 9.72. The predicted molar refractivity (Wildman–Crippen MR) is 138 cm³/mol. The number of hydrogen-bond acceptors (Lipinski definition) is 5. The average molecular weight is 554 g/mol. The molecule has 0 radical (unpaired) electrons. The molecular weight excluding hydrogens is 534 g/mol. The first-order valence-corrected chi connectivity index (χ1v) is 12.1. The van der Waals surface area contributed by atoms with Crippen molar-refractivity contribution in [1.82, 2.24) is 9.47 Å². The molecule has 3 amide bonds. The number of imide groups is 1. The van der Waals surface area contributed by atoms with Crippen LogP contribution in [0, 0.1) is 13.8 Å². The highest BCUT2D eigenvalue weighted by Crippen LogP contribution is 2.34. The van der Waals surface area contributed by atoms with Crippen LogP contribution < -0.4 is 5.32 Å². The number of amides is 3. The fourth-order valence-electron chi connectivity index (χ4n) is 3.81. The van der Waals surface area contributed by atoms with E-state index in [9.17, 15) is 24.3 Å². The molecule has 1 fully saturated rings. The minimum Gasteiger partial charge on any atom is -0.478 e. The summed E-state index contributed by atoms with van der Waals surface area (Å²) in [7, 11) is 0. The van der Waals surface area contributed by atoms with E-state index in [1.807, 2.05) is 19.9 Å². The number of carboxylic acids is 1. The lowest BCUT2D eigenvalue weighted by Gasteiger charge is -2.13. The van der Waals surface area contributed by atoms with E-state index in [2.05, 4.69) is 21.2 Å². The lowest BCUT2D eigenvalue weighted by molar-refractivity contribution is -0.127. The second-order valence-electron chi connectivity index (χ2n) is 7.81. The maximum atomic E-state index is 12.9. The van der Waals surface area contributed by atoms with Crippen molar-refractivity contribution >= 4 is 62.5 Å². The first-order chi connectivity index (χ1) is 16.7. The van der Waals surface area contributed by atoms with Crippen molar-refractivity contribution in [2.45, 2.75) is 13.8 Å². The first-order valence-electron chi connectivity index (χ1n) is 10.5. The average Bonchev–Trinajstić information content (AvgIpc) is 3.24. The second kappa shape index (κ2) is 9.93. The summed E-state index contributed by atoms with van der Waals surface area (Å²) >= 11 is 4.08. The van der Waals surface area contributed by atoms with E-state index in [-0.39, 0.29) is 10.5 Å². The van der Waals surface area contributed by atoms with Gasteiger partial charge < -0.3 is 15.0 Å². The van der Waals surface area contributed by atoms with Gasteiger partial charge in [0, 0.05) is 21.5 Å². The zero-order chi connectivity index (χ0) is 25.3. The number of aromatic carboxylic acids is 1. The number of thioether (sulfide) groups is 1. The van der Waals surface area contributed by atoms with Crippen LogP contribution in [0.3, 0.4) is 0 Å². The molecule has 10 heteroatoms. The molecule has 1 saturated heterocycles. The number of carbonyl (C=O) groups excluding carboxylic acids is 3. The minimum atomic E-state index is -1.04. The Morgan fingerprint density at radius 1 is 1.09 bits per heavy atom. The zero-order valence-electron chi connectivity index (χ0n) is 18.7. The molecular formula is C25H20BrN3O5S. The molecule has 4 rings (SSSR count). The number of para-hydroxylation sites is 1. The maximum absolute atomic E-state index is 12.9. The number of nitrogens with one attached hydrogen (secondary N) is 1. The van der Waals surface area contributed by atoms with E-state index >= 15 is 0 Å². The Hall–Kier alpha value is -3.63. The lowest BCUT2D eigenvalue weighted by atomic mass is 10.1. The summed E-state index contributed by atoms with van der Waals surface area (Å²) < 4.78 is 2.66. The van der Waals surface area contributed by atoms with E-state index in [0.717, 1.165) is 32.5 Å². The number of aromatic nitrogens is 1. The van der Waals surface area contributed by atoms with Crippen LogP contribution in [0.2, 0.25) is 0 Å². The van der Waals surface area contributed by atoms with Gasteiger partial charge >= 0.3 is 5.97 Å². The van der Waals surface area contributed by atoms with Crippen LogP contribution in [0.5, 0.6) is 0 Å². The van der Waals surface area contributed by atoms with Crippen molar-refractivity contribution in [3.05, 3.63) is 86.5 Å². The molecule has 178 valence electrons. The van der Waals surface area contributed by atoms with Gasteiger partial charge in [-0.25, -0.2) is 4.79 Å². The number of aryl methyl sites for hydroxylation is 1. The Balaban J connectivity index is 1.56. The fourth-order valence-corrected chi connectivity index (χ4v) is 4.90. The predicted octanol–water partition coefficient (Wildman–Crippen LogP) is 5.23. The molecule has 0 aliphatic carbocycles. The van der Waals surface area contributed by atoms with E-state index in [0.29, 0.717) is 16.9 Å². The van der Waals surface area contributed by atoms with Gasteiger partial charge in [0.1, 0.15) is 6.54 Å². The quantitative estimate of drug-likeness (QED) is 0.404. The van der Waals surface area contributed by atoms with Crippen LogP contribution in [-0.4, -0.2) is 44.1 Å². The third-order valence-electron chi connectivity index (χ3n) is 5.44. The Morgan fingerprint density at radius 2 is 1.77 bits per heavy atom. The van der Waals surface area contributed by atoms with Gasteiger partial charge in [-0.15, -0.1) is 0 Å². The summed E-state index contributed by atoms with van der Waals surface area (Å²) in [6.07, 6.45) is 1.60. The fraction of sp³-hybridized carbons (Fsp3) is 0.120. The Morgan fingerprint density at radius 3 is 2.46 bits per heavy atom. The van der Waals surface area contributed by atoms with Gasteiger partial charge in [0.25, 0.3) is 11.1 Å². The molecule has 2 heterocycles. The van der Waals surface area contributed by atoms with Crippen LogP contribution in [0.25, 0.3) is 11.8 Å². The highest BCUT2D eigenvalue weighted by molar-refractivity contribution is 9.10. The van der Waals surface area contributed by atoms with Crippen molar-refractivity contribution in [1.29, 1.82) is 0 Å². The lowest BCUT2D eigenvalue weighted by Crippen LogP contribution is -2.36. The normalized spacial score (nSPS) is 14.6. The molecule has 0 unspecified atom stereocenters. The summed E-state index contributed by atoms with van der Waals surface area (Å²) in [6.45, 7) is 3.25. The molecule has 0 atom stereocenters. The van der Waals surface area contributed by atoms with Crippen LogP contribution in [-0.2, 0) is 9.59 Å². The van der Waals surface area contributed by atoms with Crippen molar-refractivity contribution in [2.24, 2.45) is 0 Å². The number of hydrogen-bond donors (Lipinski definition) is 2. The summed E-state index contributed by atoms with van der Waals surface area (Å²) in [4.78, 5) is 50.6. The Bertz CT molecular complexity index is 1390. The Kier molecular flexibility index (Phi) is 6.95. The van der Waals surface area contributed by atoms with Crippen molar-refractivity contribution in [3.8, 4) is 5.69 Å². The summed E-state index contributed by atoms with van der Waals surface area (Å²) in [5.41, 5.74) is 3.37. The molecule has 1 aliphatic heterocycles. The summed E-state index contributed by atoms with van der Waals surface area (Å²) in [5, 5.41) is 11.7. The number of carbonyl (C=O) groups is 4. The number of benzene rings is 2. The van der Waals surface area contributed by atoms with Gasteiger partial charge in [0.05, 0.1) is 16.2 Å². The summed E-state index contributed by atoms with van der Waals surface area (Å²) in [6, 6.07) is 15.4. The molecule has 1 aromatic heterocycles. The van der Waals surface area contributed by atoms with Crippen molar-refractivity contribution in [2.75, 3.05) is 11.9 Å². The largest absolute Gasteiger partial charge is 0.478 e. The van der Waals surface area contributed by atoms with Gasteiger partial charge in [-0.2, -0.15) is 0 Å². The van der Waals surface area contributed by atoms with Crippen LogP contribution in [0.4, 0.5) is 10.5 Å². The third-order valence-corrected chi connectivity index (χ3v) is 6.87. The minimum absolute atomic E-state index is 0.151. The number of carboxylic acid groups (broad SMARTS) is 1. The van der Waals surface area contributed by atoms with Gasteiger partial charge in [0.2, 0.25) is 5.91 Å². The molecule has 0 bridgehead atoms. The molecule has 0 spiro atoms. The summed E-state index contributed by atoms with van der Waals surface area (Å²) in [5.74, 6) is -2.08. The SMILES string of the molecule is Cc1cc(/C=C2\SC(=O)N(CC(=O)Nc3ccc(Br)cc3)C2=O)c(C)n1-c1ccccc1C(=O)O. The van der Waals surface area contributed by atoms with Crippen LogP contribution in [0.15, 0.2) is 64.0 Å². The molecule has 3 aromatic rings. The topological polar surface area (TPSA) is 109 Å². The van der Waals surface area contributed by atoms with Gasteiger partial charge in [-0.1, -0.05) is 28.1 Å². The zero-order valence-corrected chi connectivity index (χ0v) is 21.1. The number of halogens is 1. The third kappa shape index (κ3) is 5.08. The molecule has 1 aliphatic rings. The molecule has 0 saturated carbocycles. The molecule has 8 nitrogen and oxygen atoms in total. The first kappa shape index (κ1) is 24.5. The molecule has 2 aromatic carbocycles. The van der Waals surface area contributed by atoms with Gasteiger partial charge in [-0.05, 0) is 79.7 Å². The highest BCUT2D eigenvalue weighted by atomic mass is 79.9. The highest BCUT2D eigenvalue weighted by Gasteiger charge is 2.36. The Labute approximate surface area is 213 Å². The maximum Gasteiger partial charge on any atom is 0.337 e. The monoisotopic (exact) mass is 553 g/mol. The van der Waals surface area contributed by atoms with E-state index < -0.39 is 29.6 Å². The van der Waals surface area contributed by atoms with E-state index in [4.69, 9.17) is 0 Å². The standard InChI is InChI=1S/C25H20BrN3O5S/c1-14-11-16(15(2)29(14)20-6-4-3-5-19(20)24(32)33)12-21-23(31)28(25(34)35-21)13-22(30)27-18-9-7-17(26)8-10-18/h3-12H,13H2,1-2H3,(H,27,30)(H,32,33)/b21-12-. The number of anilines is 1. The number of rotatable bonds is 6. The number of nitrogens with zero attached hydrogens (tertiary/aromatic N) is 2. The van der Waals surface area contributed by atoms with Crippen molar-refractivity contribution in [3.63, 3.8) is 0 Å². The van der Waals surface area contributed by atoms with Crippen LogP contribution in [0.1, 0.15) is 27.3 Å². The smallest absolute Gasteiger partial charge is 0.337 e. The van der Waals surface area contributed by atoms with Gasteiger partial charge in [-0.3, -0.25) is 19.3 Å². The molecule has 35 heavy (non-hydrogen) atoms. The van der Waals surface area contributed by atoms with Crippen LogP contribution >= 0.6 is 27.7 Å². The molecule has 2 N–H and O–H groups in total. The van der Waals surface area contributed by atoms with E-state index in [1.54, 1.807) is 53.1 Å². The van der Waals surface area contributed by atoms with E-state index in [1.165, 1.54) is 6.07 Å².